The zero-order valence-electron chi connectivity index (χ0n) is 16.1. The molecule has 0 spiro atoms. The predicted molar refractivity (Wildman–Crippen MR) is 109 cm³/mol. The van der Waals surface area contributed by atoms with Crippen molar-refractivity contribution in [1.82, 2.24) is 10.2 Å². The molecule has 5 nitrogen and oxygen atoms in total. The van der Waals surface area contributed by atoms with Crippen molar-refractivity contribution >= 4 is 22.6 Å². The fourth-order valence-corrected chi connectivity index (χ4v) is 4.57. The second-order valence-corrected chi connectivity index (χ2v) is 8.06. The van der Waals surface area contributed by atoms with Crippen LogP contribution in [0.15, 0.2) is 42.5 Å². The van der Waals surface area contributed by atoms with Crippen molar-refractivity contribution in [1.29, 1.82) is 0 Å². The molecule has 0 bridgehead atoms. The van der Waals surface area contributed by atoms with Crippen molar-refractivity contribution in [2.45, 2.75) is 63.1 Å². The first-order valence-corrected chi connectivity index (χ1v) is 10.4. The SMILES string of the molecule is O=C(NC1CCCCC1)C(O)[C@@H]1CCCN1C(=O)c1ccc2ccccc2c1. The van der Waals surface area contributed by atoms with E-state index in [1.165, 1.54) is 6.42 Å². The summed E-state index contributed by atoms with van der Waals surface area (Å²) in [5.41, 5.74) is 0.602. The van der Waals surface area contributed by atoms with Gasteiger partial charge in [-0.3, -0.25) is 9.59 Å². The molecule has 4 rings (SSSR count). The minimum absolute atomic E-state index is 0.113. The highest BCUT2D eigenvalue weighted by Gasteiger charge is 2.38. The Morgan fingerprint density at radius 2 is 1.71 bits per heavy atom. The molecule has 5 heteroatoms. The molecule has 2 fully saturated rings. The van der Waals surface area contributed by atoms with Gasteiger partial charge in [-0.05, 0) is 48.6 Å². The quantitative estimate of drug-likeness (QED) is 0.855. The van der Waals surface area contributed by atoms with E-state index in [0.717, 1.165) is 42.9 Å². The lowest BCUT2D eigenvalue weighted by Crippen LogP contribution is -2.52. The molecule has 1 aliphatic heterocycles. The van der Waals surface area contributed by atoms with Gasteiger partial charge < -0.3 is 15.3 Å². The summed E-state index contributed by atoms with van der Waals surface area (Å²) in [5, 5.41) is 15.8. The van der Waals surface area contributed by atoms with E-state index in [-0.39, 0.29) is 17.9 Å². The van der Waals surface area contributed by atoms with Crippen LogP contribution < -0.4 is 5.32 Å². The molecule has 1 heterocycles. The Bertz CT molecular complexity index is 860. The highest BCUT2D eigenvalue weighted by Crippen LogP contribution is 2.25. The van der Waals surface area contributed by atoms with Crippen LogP contribution in [0, 0.1) is 0 Å². The summed E-state index contributed by atoms with van der Waals surface area (Å²) in [6.07, 6.45) is 5.69. The normalized spacial score (nSPS) is 21.6. The summed E-state index contributed by atoms with van der Waals surface area (Å²) in [7, 11) is 0. The Hall–Kier alpha value is -2.40. The maximum atomic E-state index is 13.1. The molecule has 2 aromatic carbocycles. The van der Waals surface area contributed by atoms with Crippen molar-refractivity contribution in [3.05, 3.63) is 48.0 Å². The number of nitrogens with zero attached hydrogens (tertiary/aromatic N) is 1. The molecule has 2 atom stereocenters. The topological polar surface area (TPSA) is 69.6 Å². The van der Waals surface area contributed by atoms with E-state index in [2.05, 4.69) is 5.32 Å². The van der Waals surface area contributed by atoms with E-state index >= 15 is 0 Å². The third kappa shape index (κ3) is 3.90. The molecule has 28 heavy (non-hydrogen) atoms. The third-order valence-electron chi connectivity index (χ3n) is 6.14. The minimum Gasteiger partial charge on any atom is -0.381 e. The van der Waals surface area contributed by atoms with Crippen LogP contribution >= 0.6 is 0 Å². The van der Waals surface area contributed by atoms with E-state index in [4.69, 9.17) is 0 Å². The van der Waals surface area contributed by atoms with Crippen LogP contribution in [0.25, 0.3) is 10.8 Å². The maximum Gasteiger partial charge on any atom is 0.254 e. The number of likely N-dealkylation sites (tertiary alicyclic amines) is 1. The van der Waals surface area contributed by atoms with E-state index in [1.54, 1.807) is 4.90 Å². The van der Waals surface area contributed by atoms with Gasteiger partial charge in [-0.2, -0.15) is 0 Å². The molecule has 148 valence electrons. The molecular formula is C23H28N2O3. The second-order valence-electron chi connectivity index (χ2n) is 8.06. The molecule has 1 unspecified atom stereocenters. The number of benzene rings is 2. The zero-order valence-corrected chi connectivity index (χ0v) is 16.1. The van der Waals surface area contributed by atoms with Crippen LogP contribution in [0.1, 0.15) is 55.3 Å². The number of hydrogen-bond donors (Lipinski definition) is 2. The zero-order chi connectivity index (χ0) is 19.5. The Morgan fingerprint density at radius 1 is 0.964 bits per heavy atom. The first-order chi connectivity index (χ1) is 13.6. The molecule has 1 saturated heterocycles. The standard InChI is InChI=1S/C23H28N2O3/c26-21(22(27)24-19-9-2-1-3-10-19)20-11-6-14-25(20)23(28)18-13-12-16-7-4-5-8-17(16)15-18/h4-5,7-8,12-13,15,19-21,26H,1-3,6,9-11,14H2,(H,24,27)/t20-,21?/m0/s1. The van der Waals surface area contributed by atoms with Gasteiger partial charge in [0.2, 0.25) is 0 Å². The van der Waals surface area contributed by atoms with E-state index < -0.39 is 12.1 Å². The van der Waals surface area contributed by atoms with Crippen LogP contribution in [0.3, 0.4) is 0 Å². The number of carbonyl (C=O) groups is 2. The van der Waals surface area contributed by atoms with Gasteiger partial charge in [-0.1, -0.05) is 49.6 Å². The molecular weight excluding hydrogens is 352 g/mol. The molecule has 0 aromatic heterocycles. The second kappa shape index (κ2) is 8.31. The highest BCUT2D eigenvalue weighted by atomic mass is 16.3. The summed E-state index contributed by atoms with van der Waals surface area (Å²) in [5.74, 6) is -0.451. The number of rotatable bonds is 4. The number of aliphatic hydroxyl groups excluding tert-OH is 1. The minimum atomic E-state index is -1.17. The van der Waals surface area contributed by atoms with Crippen LogP contribution in [0.4, 0.5) is 0 Å². The Balaban J connectivity index is 1.46. The Kier molecular flexibility index (Phi) is 5.62. The van der Waals surface area contributed by atoms with Crippen LogP contribution in [0.5, 0.6) is 0 Å². The van der Waals surface area contributed by atoms with Crippen LogP contribution in [0.2, 0.25) is 0 Å². The van der Waals surface area contributed by atoms with Gasteiger partial charge in [0.15, 0.2) is 6.10 Å². The molecule has 2 aromatic rings. The van der Waals surface area contributed by atoms with Crippen molar-refractivity contribution < 1.29 is 14.7 Å². The lowest BCUT2D eigenvalue weighted by molar-refractivity contribution is -0.132. The van der Waals surface area contributed by atoms with Gasteiger partial charge in [0.05, 0.1) is 6.04 Å². The van der Waals surface area contributed by atoms with Gasteiger partial charge in [-0.25, -0.2) is 0 Å². The summed E-state index contributed by atoms with van der Waals surface area (Å²) in [6, 6.07) is 13.3. The summed E-state index contributed by atoms with van der Waals surface area (Å²) in [4.78, 5) is 27.4. The smallest absolute Gasteiger partial charge is 0.254 e. The Labute approximate surface area is 165 Å². The number of amides is 2. The van der Waals surface area contributed by atoms with Gasteiger partial charge in [0, 0.05) is 18.2 Å². The first-order valence-electron chi connectivity index (χ1n) is 10.4. The van der Waals surface area contributed by atoms with Gasteiger partial charge in [0.25, 0.3) is 11.8 Å². The number of nitrogens with one attached hydrogen (secondary N) is 1. The summed E-state index contributed by atoms with van der Waals surface area (Å²) in [6.45, 7) is 0.574. The molecule has 0 radical (unpaired) electrons. The number of hydrogen-bond acceptors (Lipinski definition) is 3. The fraction of sp³-hybridized carbons (Fsp3) is 0.478. The Morgan fingerprint density at radius 3 is 2.50 bits per heavy atom. The molecule has 1 aliphatic carbocycles. The van der Waals surface area contributed by atoms with Crippen LogP contribution in [-0.4, -0.2) is 46.6 Å². The van der Waals surface area contributed by atoms with Crippen molar-refractivity contribution in [2.75, 3.05) is 6.54 Å². The van der Waals surface area contributed by atoms with Gasteiger partial charge in [0.1, 0.15) is 0 Å². The molecule has 1 saturated carbocycles. The highest BCUT2D eigenvalue weighted by molar-refractivity contribution is 5.99. The summed E-state index contributed by atoms with van der Waals surface area (Å²) >= 11 is 0. The lowest BCUT2D eigenvalue weighted by atomic mass is 9.95. The average molecular weight is 380 g/mol. The number of aliphatic hydroxyl groups is 1. The maximum absolute atomic E-state index is 13.1. The van der Waals surface area contributed by atoms with Gasteiger partial charge >= 0.3 is 0 Å². The fourth-order valence-electron chi connectivity index (χ4n) is 4.57. The van der Waals surface area contributed by atoms with Crippen molar-refractivity contribution in [2.24, 2.45) is 0 Å². The van der Waals surface area contributed by atoms with E-state index in [0.29, 0.717) is 18.5 Å². The van der Waals surface area contributed by atoms with Crippen molar-refractivity contribution in [3.63, 3.8) is 0 Å². The average Bonchev–Trinajstić information content (AvgIpc) is 3.22. The molecule has 2 N–H and O–H groups in total. The first kappa shape index (κ1) is 18.9. The third-order valence-corrected chi connectivity index (χ3v) is 6.14. The van der Waals surface area contributed by atoms with E-state index in [1.807, 2.05) is 42.5 Å². The van der Waals surface area contributed by atoms with Gasteiger partial charge in [-0.15, -0.1) is 0 Å². The lowest BCUT2D eigenvalue weighted by Gasteiger charge is -2.30. The van der Waals surface area contributed by atoms with E-state index in [9.17, 15) is 14.7 Å². The predicted octanol–water partition coefficient (Wildman–Crippen LogP) is 3.25. The van der Waals surface area contributed by atoms with Crippen molar-refractivity contribution in [3.8, 4) is 0 Å². The summed E-state index contributed by atoms with van der Waals surface area (Å²) < 4.78 is 0. The monoisotopic (exact) mass is 380 g/mol. The molecule has 2 amide bonds. The molecule has 2 aliphatic rings. The van der Waals surface area contributed by atoms with Crippen LogP contribution in [-0.2, 0) is 4.79 Å². The largest absolute Gasteiger partial charge is 0.381 e. The number of fused-ring (bicyclic) bond motifs is 1. The number of carbonyl (C=O) groups excluding carboxylic acids is 2.